The van der Waals surface area contributed by atoms with Crippen molar-refractivity contribution >= 4 is 11.8 Å². The molecule has 0 radical (unpaired) electrons. The van der Waals surface area contributed by atoms with Crippen LogP contribution in [0.1, 0.15) is 24.0 Å². The Kier molecular flexibility index (Phi) is 5.84. The first kappa shape index (κ1) is 17.9. The summed E-state index contributed by atoms with van der Waals surface area (Å²) in [5, 5.41) is 5.59. The highest BCUT2D eigenvalue weighted by molar-refractivity contribution is 5.86. The summed E-state index contributed by atoms with van der Waals surface area (Å²) in [7, 11) is 0. The van der Waals surface area contributed by atoms with E-state index in [-0.39, 0.29) is 36.6 Å². The second-order valence-corrected chi connectivity index (χ2v) is 6.32. The number of ether oxygens (including phenoxy) is 1. The maximum atomic E-state index is 13.1. The van der Waals surface area contributed by atoms with Crippen molar-refractivity contribution in [2.75, 3.05) is 6.54 Å². The lowest BCUT2D eigenvalue weighted by molar-refractivity contribution is -0.132. The normalized spacial score (nSPS) is 16.7. The van der Waals surface area contributed by atoms with E-state index < -0.39 is 0 Å². The molecule has 0 spiro atoms. The molecule has 3 rings (SSSR count). The molecular weight excluding hydrogens is 335 g/mol. The van der Waals surface area contributed by atoms with E-state index in [0.29, 0.717) is 25.3 Å². The predicted molar refractivity (Wildman–Crippen MR) is 94.8 cm³/mol. The van der Waals surface area contributed by atoms with Gasteiger partial charge in [0.15, 0.2) is 0 Å². The zero-order valence-electron chi connectivity index (χ0n) is 14.3. The Hall–Kier alpha value is -2.89. The minimum Gasteiger partial charge on any atom is -0.489 e. The van der Waals surface area contributed by atoms with Crippen molar-refractivity contribution in [3.8, 4) is 5.75 Å². The topological polar surface area (TPSA) is 67.4 Å². The number of hydrogen-bond acceptors (Lipinski definition) is 3. The SMILES string of the molecule is O=C1CC(C(=O)NCc2ccc(OCc3cccc(F)c3)cc2)CCN1. The fourth-order valence-corrected chi connectivity index (χ4v) is 2.84. The average Bonchev–Trinajstić information content (AvgIpc) is 2.65. The van der Waals surface area contributed by atoms with Gasteiger partial charge in [-0.15, -0.1) is 0 Å². The van der Waals surface area contributed by atoms with Crippen LogP contribution in [0.5, 0.6) is 5.75 Å². The molecule has 0 aromatic heterocycles. The molecule has 1 aliphatic rings. The lowest BCUT2D eigenvalue weighted by Gasteiger charge is -2.21. The van der Waals surface area contributed by atoms with Gasteiger partial charge in [0.25, 0.3) is 0 Å². The Labute approximate surface area is 151 Å². The highest BCUT2D eigenvalue weighted by atomic mass is 19.1. The lowest BCUT2D eigenvalue weighted by Crippen LogP contribution is -2.40. The van der Waals surface area contributed by atoms with E-state index >= 15 is 0 Å². The van der Waals surface area contributed by atoms with Crippen LogP contribution in [0, 0.1) is 11.7 Å². The lowest BCUT2D eigenvalue weighted by atomic mass is 9.96. The van der Waals surface area contributed by atoms with Gasteiger partial charge in [0, 0.05) is 25.4 Å². The van der Waals surface area contributed by atoms with Crippen molar-refractivity contribution in [2.45, 2.75) is 26.0 Å². The summed E-state index contributed by atoms with van der Waals surface area (Å²) in [6, 6.07) is 13.7. The van der Waals surface area contributed by atoms with Crippen LogP contribution in [0.25, 0.3) is 0 Å². The summed E-state index contributed by atoms with van der Waals surface area (Å²) >= 11 is 0. The maximum Gasteiger partial charge on any atom is 0.223 e. The first-order chi connectivity index (χ1) is 12.6. The van der Waals surface area contributed by atoms with Gasteiger partial charge in [-0.25, -0.2) is 4.39 Å². The molecular formula is C20H21FN2O3. The Morgan fingerprint density at radius 3 is 2.73 bits per heavy atom. The zero-order chi connectivity index (χ0) is 18.4. The predicted octanol–water partition coefficient (Wildman–Crippen LogP) is 2.55. The van der Waals surface area contributed by atoms with Crippen molar-refractivity contribution in [2.24, 2.45) is 5.92 Å². The second kappa shape index (κ2) is 8.47. The van der Waals surface area contributed by atoms with Gasteiger partial charge in [-0.1, -0.05) is 24.3 Å². The van der Waals surface area contributed by atoms with Crippen LogP contribution < -0.4 is 15.4 Å². The van der Waals surface area contributed by atoms with E-state index in [9.17, 15) is 14.0 Å². The van der Waals surface area contributed by atoms with Gasteiger partial charge in [-0.2, -0.15) is 0 Å². The first-order valence-electron chi connectivity index (χ1n) is 8.61. The monoisotopic (exact) mass is 356 g/mol. The molecule has 1 aliphatic heterocycles. The third-order valence-electron chi connectivity index (χ3n) is 4.30. The third kappa shape index (κ3) is 5.05. The summed E-state index contributed by atoms with van der Waals surface area (Å²) in [5.41, 5.74) is 1.70. The molecule has 2 N–H and O–H groups in total. The van der Waals surface area contributed by atoms with Crippen LogP contribution in [0.4, 0.5) is 4.39 Å². The zero-order valence-corrected chi connectivity index (χ0v) is 14.3. The highest BCUT2D eigenvalue weighted by Crippen LogP contribution is 2.16. The molecule has 2 aromatic carbocycles. The number of amides is 2. The molecule has 0 saturated carbocycles. The van der Waals surface area contributed by atoms with E-state index in [0.717, 1.165) is 11.1 Å². The molecule has 2 amide bonds. The third-order valence-corrected chi connectivity index (χ3v) is 4.30. The van der Waals surface area contributed by atoms with Crippen molar-refractivity contribution in [1.82, 2.24) is 10.6 Å². The molecule has 26 heavy (non-hydrogen) atoms. The number of piperidine rings is 1. The molecule has 0 bridgehead atoms. The number of carbonyl (C=O) groups is 2. The van der Waals surface area contributed by atoms with Crippen LogP contribution in [-0.4, -0.2) is 18.4 Å². The highest BCUT2D eigenvalue weighted by Gasteiger charge is 2.25. The maximum absolute atomic E-state index is 13.1. The van der Waals surface area contributed by atoms with E-state index in [1.54, 1.807) is 12.1 Å². The molecule has 5 nitrogen and oxygen atoms in total. The number of hydrogen-bond donors (Lipinski definition) is 2. The van der Waals surface area contributed by atoms with Crippen molar-refractivity contribution in [3.63, 3.8) is 0 Å². The van der Waals surface area contributed by atoms with Gasteiger partial charge in [-0.3, -0.25) is 9.59 Å². The number of rotatable bonds is 6. The summed E-state index contributed by atoms with van der Waals surface area (Å²) in [4.78, 5) is 23.5. The quantitative estimate of drug-likeness (QED) is 0.836. The average molecular weight is 356 g/mol. The molecule has 1 heterocycles. The number of halogens is 1. The fraction of sp³-hybridized carbons (Fsp3) is 0.300. The fourth-order valence-electron chi connectivity index (χ4n) is 2.84. The smallest absolute Gasteiger partial charge is 0.223 e. The van der Waals surface area contributed by atoms with Crippen molar-refractivity contribution in [1.29, 1.82) is 0 Å². The summed E-state index contributed by atoms with van der Waals surface area (Å²) in [6.45, 7) is 1.24. The standard InChI is InChI=1S/C20H21FN2O3/c21-17-3-1-2-15(10-17)13-26-18-6-4-14(5-7-18)12-23-20(25)16-8-9-22-19(24)11-16/h1-7,10,16H,8-9,11-13H2,(H,22,24)(H,23,25). The largest absolute Gasteiger partial charge is 0.489 e. The second-order valence-electron chi connectivity index (χ2n) is 6.32. The summed E-state index contributed by atoms with van der Waals surface area (Å²) < 4.78 is 18.8. The summed E-state index contributed by atoms with van der Waals surface area (Å²) in [5.74, 6) is -0.0268. The number of nitrogens with one attached hydrogen (secondary N) is 2. The van der Waals surface area contributed by atoms with Gasteiger partial charge in [0.2, 0.25) is 11.8 Å². The molecule has 136 valence electrons. The van der Waals surface area contributed by atoms with E-state index in [1.165, 1.54) is 12.1 Å². The molecule has 2 aromatic rings. The van der Waals surface area contributed by atoms with Crippen molar-refractivity contribution in [3.05, 3.63) is 65.5 Å². The molecule has 0 aliphatic carbocycles. The molecule has 1 fully saturated rings. The number of benzene rings is 2. The van der Waals surface area contributed by atoms with Gasteiger partial charge in [0.1, 0.15) is 18.2 Å². The van der Waals surface area contributed by atoms with E-state index in [4.69, 9.17) is 4.74 Å². The minimum atomic E-state index is -0.285. The molecule has 1 unspecified atom stereocenters. The van der Waals surface area contributed by atoms with Gasteiger partial charge >= 0.3 is 0 Å². The van der Waals surface area contributed by atoms with E-state index in [1.807, 2.05) is 24.3 Å². The Morgan fingerprint density at radius 2 is 2.00 bits per heavy atom. The van der Waals surface area contributed by atoms with E-state index in [2.05, 4.69) is 10.6 Å². The van der Waals surface area contributed by atoms with Crippen LogP contribution in [-0.2, 0) is 22.7 Å². The Bertz CT molecular complexity index is 777. The molecule has 1 saturated heterocycles. The Morgan fingerprint density at radius 1 is 1.19 bits per heavy atom. The number of carbonyl (C=O) groups excluding carboxylic acids is 2. The summed E-state index contributed by atoms with van der Waals surface area (Å²) in [6.07, 6.45) is 0.920. The van der Waals surface area contributed by atoms with Crippen LogP contribution >= 0.6 is 0 Å². The van der Waals surface area contributed by atoms with Gasteiger partial charge < -0.3 is 15.4 Å². The first-order valence-corrected chi connectivity index (χ1v) is 8.61. The molecule has 6 heteroatoms. The van der Waals surface area contributed by atoms with Gasteiger partial charge in [-0.05, 0) is 41.8 Å². The molecule has 1 atom stereocenters. The Balaban J connectivity index is 1.46. The minimum absolute atomic E-state index is 0.0730. The van der Waals surface area contributed by atoms with Crippen molar-refractivity contribution < 1.29 is 18.7 Å². The van der Waals surface area contributed by atoms with Crippen LogP contribution in [0.3, 0.4) is 0 Å². The van der Waals surface area contributed by atoms with Gasteiger partial charge in [0.05, 0.1) is 0 Å². The van der Waals surface area contributed by atoms with Crippen LogP contribution in [0.2, 0.25) is 0 Å². The van der Waals surface area contributed by atoms with Crippen LogP contribution in [0.15, 0.2) is 48.5 Å².